The maximum Gasteiger partial charge on any atom is 0.410 e. The molecule has 9 nitrogen and oxygen atoms in total. The highest BCUT2D eigenvalue weighted by atomic mass is 35.5. The Labute approximate surface area is 293 Å². The molecule has 1 fully saturated rings. The van der Waals surface area contributed by atoms with E-state index in [9.17, 15) is 4.79 Å². The van der Waals surface area contributed by atoms with Gasteiger partial charge in [0.25, 0.3) is 0 Å². The molecule has 0 aliphatic carbocycles. The van der Waals surface area contributed by atoms with Crippen molar-refractivity contribution in [2.75, 3.05) is 25.5 Å². The molecule has 2 N–H and O–H groups in total. The molecule has 3 aromatic heterocycles. The summed E-state index contributed by atoms with van der Waals surface area (Å²) in [5.74, 6) is 0.550. The van der Waals surface area contributed by atoms with Gasteiger partial charge in [0.1, 0.15) is 5.60 Å². The van der Waals surface area contributed by atoms with Crippen molar-refractivity contribution in [2.45, 2.75) is 65.6 Å². The molecular formula is C39H43ClN6O3. The molecule has 0 radical (unpaired) electrons. The van der Waals surface area contributed by atoms with E-state index in [1.54, 1.807) is 18.2 Å². The molecule has 10 heteroatoms. The number of aryl methyl sites for hydroxylation is 1. The van der Waals surface area contributed by atoms with Crippen LogP contribution in [-0.4, -0.2) is 57.8 Å². The Bertz CT molecular complexity index is 1980. The van der Waals surface area contributed by atoms with Gasteiger partial charge in [-0.05, 0) is 82.9 Å². The van der Waals surface area contributed by atoms with Gasteiger partial charge in [-0.2, -0.15) is 0 Å². The Morgan fingerprint density at radius 3 is 2.45 bits per heavy atom. The number of anilines is 2. The van der Waals surface area contributed by atoms with Crippen molar-refractivity contribution in [1.29, 1.82) is 0 Å². The number of likely N-dealkylation sites (tertiary alicyclic amines) is 1. The number of hydrogen-bond acceptors (Lipinski definition) is 8. The second kappa shape index (κ2) is 14.4. The number of carbonyl (C=O) groups is 1. The average molecular weight is 679 g/mol. The molecule has 0 atom stereocenters. The summed E-state index contributed by atoms with van der Waals surface area (Å²) < 4.78 is 11.3. The van der Waals surface area contributed by atoms with Gasteiger partial charge in [0.05, 0.1) is 29.0 Å². The van der Waals surface area contributed by atoms with Crippen molar-refractivity contribution in [3.05, 3.63) is 94.9 Å². The number of fused-ring (bicyclic) bond motifs is 1. The molecule has 2 aromatic carbocycles. The number of nitrogens with zero attached hydrogens (tertiary/aromatic N) is 4. The zero-order valence-electron chi connectivity index (χ0n) is 28.9. The number of halogens is 1. The molecule has 5 aromatic rings. The predicted octanol–water partition coefficient (Wildman–Crippen LogP) is 8.87. The van der Waals surface area contributed by atoms with Crippen molar-refractivity contribution in [1.82, 2.24) is 25.2 Å². The van der Waals surface area contributed by atoms with E-state index in [1.807, 2.05) is 82.4 Å². The standard InChI is InChI=1S/C39H43ClN6O3/c1-24-21-35(31-23-41-18-15-34(31)43-24)44-32-12-8-9-28(25(32)2)29-10-7-11-30(36(29)40)33-14-13-26(37(45-33)48-6)22-42-27-16-19-46(20-17-27)38(47)49-39(3,4)5/h7-15,18,21,23,27,42H,16-17,19-20,22H2,1-6H3,(H,43,44). The van der Waals surface area contributed by atoms with Crippen LogP contribution in [0.2, 0.25) is 5.02 Å². The van der Waals surface area contributed by atoms with Crippen molar-refractivity contribution < 1.29 is 14.3 Å². The van der Waals surface area contributed by atoms with Crippen molar-refractivity contribution in [3.8, 4) is 28.3 Å². The fraction of sp³-hybridized carbons (Fsp3) is 0.333. The highest BCUT2D eigenvalue weighted by Crippen LogP contribution is 2.40. The largest absolute Gasteiger partial charge is 0.481 e. The number of nitrogens with one attached hydrogen (secondary N) is 2. The van der Waals surface area contributed by atoms with E-state index in [4.69, 9.17) is 26.1 Å². The predicted molar refractivity (Wildman–Crippen MR) is 197 cm³/mol. The van der Waals surface area contributed by atoms with Crippen LogP contribution in [0, 0.1) is 13.8 Å². The summed E-state index contributed by atoms with van der Waals surface area (Å²) in [4.78, 5) is 28.1. The van der Waals surface area contributed by atoms with Crippen LogP contribution in [0.5, 0.6) is 5.88 Å². The Morgan fingerprint density at radius 2 is 1.69 bits per heavy atom. The average Bonchev–Trinajstić information content (AvgIpc) is 3.08. The number of methoxy groups -OCH3 is 1. The molecule has 4 heterocycles. The van der Waals surface area contributed by atoms with Gasteiger partial charge in [0, 0.05) is 71.5 Å². The summed E-state index contributed by atoms with van der Waals surface area (Å²) in [5, 5.41) is 8.83. The molecule has 1 aliphatic rings. The molecule has 0 unspecified atom stereocenters. The lowest BCUT2D eigenvalue weighted by atomic mass is 9.96. The fourth-order valence-corrected chi connectivity index (χ4v) is 6.55. The normalized spacial score (nSPS) is 13.8. The monoisotopic (exact) mass is 678 g/mol. The molecular weight excluding hydrogens is 636 g/mol. The summed E-state index contributed by atoms with van der Waals surface area (Å²) in [5.41, 5.74) is 8.77. The van der Waals surface area contributed by atoms with Crippen LogP contribution in [0.4, 0.5) is 16.2 Å². The van der Waals surface area contributed by atoms with Crippen LogP contribution in [0.3, 0.4) is 0 Å². The number of carbonyl (C=O) groups excluding carboxylic acids is 1. The van der Waals surface area contributed by atoms with Crippen LogP contribution in [-0.2, 0) is 11.3 Å². The van der Waals surface area contributed by atoms with Crippen molar-refractivity contribution in [2.24, 2.45) is 0 Å². The molecule has 254 valence electrons. The molecule has 0 bridgehead atoms. The minimum absolute atomic E-state index is 0.249. The van der Waals surface area contributed by atoms with Crippen molar-refractivity contribution in [3.63, 3.8) is 0 Å². The third kappa shape index (κ3) is 7.79. The zero-order valence-corrected chi connectivity index (χ0v) is 29.7. The van der Waals surface area contributed by atoms with E-state index in [0.29, 0.717) is 30.5 Å². The number of hydrogen-bond donors (Lipinski definition) is 2. The first-order valence-electron chi connectivity index (χ1n) is 16.6. The molecule has 49 heavy (non-hydrogen) atoms. The first kappa shape index (κ1) is 34.1. The van der Waals surface area contributed by atoms with E-state index in [0.717, 1.165) is 74.3 Å². The molecule has 1 aliphatic heterocycles. The van der Waals surface area contributed by atoms with E-state index < -0.39 is 5.60 Å². The van der Waals surface area contributed by atoms with E-state index in [2.05, 4.69) is 39.7 Å². The third-order valence-electron chi connectivity index (χ3n) is 8.77. The van der Waals surface area contributed by atoms with Crippen LogP contribution in [0.25, 0.3) is 33.3 Å². The Balaban J connectivity index is 1.18. The number of pyridine rings is 3. The summed E-state index contributed by atoms with van der Waals surface area (Å²) in [6, 6.07) is 20.5. The number of benzene rings is 2. The third-order valence-corrected chi connectivity index (χ3v) is 9.17. The first-order chi connectivity index (χ1) is 23.5. The maximum atomic E-state index is 12.4. The topological polar surface area (TPSA) is 101 Å². The summed E-state index contributed by atoms with van der Waals surface area (Å²) in [6.07, 6.45) is 5.04. The van der Waals surface area contributed by atoms with Crippen LogP contribution < -0.4 is 15.4 Å². The minimum atomic E-state index is -0.497. The number of amides is 1. The Hall–Kier alpha value is -4.73. The number of rotatable bonds is 8. The van der Waals surface area contributed by atoms with Gasteiger partial charge in [0.15, 0.2) is 0 Å². The second-order valence-electron chi connectivity index (χ2n) is 13.5. The molecule has 1 amide bonds. The quantitative estimate of drug-likeness (QED) is 0.168. The first-order valence-corrected chi connectivity index (χ1v) is 17.0. The van der Waals surface area contributed by atoms with Gasteiger partial charge in [-0.15, -0.1) is 0 Å². The highest BCUT2D eigenvalue weighted by molar-refractivity contribution is 6.36. The lowest BCUT2D eigenvalue weighted by Crippen LogP contribution is -2.46. The Kier molecular flexibility index (Phi) is 10.0. The number of aromatic nitrogens is 3. The summed E-state index contributed by atoms with van der Waals surface area (Å²) in [6.45, 7) is 11.7. The van der Waals surface area contributed by atoms with Crippen LogP contribution in [0.1, 0.15) is 50.4 Å². The molecule has 1 saturated heterocycles. The van der Waals surface area contributed by atoms with E-state index in [1.165, 1.54) is 0 Å². The second-order valence-corrected chi connectivity index (χ2v) is 13.8. The van der Waals surface area contributed by atoms with Crippen LogP contribution in [0.15, 0.2) is 73.1 Å². The van der Waals surface area contributed by atoms with Crippen molar-refractivity contribution >= 4 is 40.0 Å². The minimum Gasteiger partial charge on any atom is -0.481 e. The number of ether oxygens (including phenoxy) is 2. The number of piperidine rings is 1. The summed E-state index contributed by atoms with van der Waals surface area (Å²) >= 11 is 7.16. The van der Waals surface area contributed by atoms with Crippen LogP contribution >= 0.6 is 11.6 Å². The Morgan fingerprint density at radius 1 is 0.959 bits per heavy atom. The maximum absolute atomic E-state index is 12.4. The highest BCUT2D eigenvalue weighted by Gasteiger charge is 2.27. The molecule has 0 spiro atoms. The zero-order chi connectivity index (χ0) is 34.7. The van der Waals surface area contributed by atoms with Gasteiger partial charge in [-0.1, -0.05) is 48.0 Å². The lowest BCUT2D eigenvalue weighted by Gasteiger charge is -2.33. The molecule has 6 rings (SSSR count). The lowest BCUT2D eigenvalue weighted by molar-refractivity contribution is 0.0198. The van der Waals surface area contributed by atoms with E-state index in [-0.39, 0.29) is 12.1 Å². The SMILES string of the molecule is COc1nc(-c2cccc(-c3cccc(Nc4cc(C)nc5ccncc45)c3C)c2Cl)ccc1CNC1CCN(C(=O)OC(C)(C)C)CC1. The van der Waals surface area contributed by atoms with E-state index >= 15 is 0 Å². The van der Waals surface area contributed by atoms with Gasteiger partial charge in [-0.3, -0.25) is 9.97 Å². The smallest absolute Gasteiger partial charge is 0.410 e. The summed E-state index contributed by atoms with van der Waals surface area (Å²) in [7, 11) is 1.64. The van der Waals surface area contributed by atoms with Gasteiger partial charge < -0.3 is 25.0 Å². The van der Waals surface area contributed by atoms with Gasteiger partial charge in [0.2, 0.25) is 5.88 Å². The van der Waals surface area contributed by atoms with Gasteiger partial charge in [-0.25, -0.2) is 9.78 Å². The van der Waals surface area contributed by atoms with Gasteiger partial charge >= 0.3 is 6.09 Å². The molecule has 0 saturated carbocycles. The fourth-order valence-electron chi connectivity index (χ4n) is 6.23.